The van der Waals surface area contributed by atoms with Gasteiger partial charge in [0.1, 0.15) is 10.8 Å². The molecule has 0 radical (unpaired) electrons. The Morgan fingerprint density at radius 3 is 2.25 bits per heavy atom. The molecule has 0 saturated heterocycles. The smallest absolute Gasteiger partial charge is 0.287 e. The Balaban J connectivity index is 2.33. The molecule has 0 aliphatic rings. The Bertz CT molecular complexity index is 667. The molecule has 0 saturated carbocycles. The van der Waals surface area contributed by atoms with Gasteiger partial charge >= 0.3 is 0 Å². The van der Waals surface area contributed by atoms with Crippen LogP contribution in [0.2, 0.25) is 5.02 Å². The molecule has 0 amide bonds. The monoisotopic (exact) mass is 291 g/mol. The van der Waals surface area contributed by atoms with Crippen LogP contribution in [-0.2, 0) is 0 Å². The Morgan fingerprint density at radius 1 is 1.15 bits per heavy atom. The number of hydrogen-bond donors (Lipinski definition) is 0. The first-order valence-electron chi connectivity index (χ1n) is 5.65. The molecule has 0 aromatic heterocycles. The molecule has 0 bridgehead atoms. The van der Waals surface area contributed by atoms with Crippen molar-refractivity contribution in [3.8, 4) is 5.75 Å². The molecule has 2 rings (SSSR count). The van der Waals surface area contributed by atoms with Gasteiger partial charge < -0.3 is 4.74 Å². The van der Waals surface area contributed by atoms with E-state index in [9.17, 15) is 14.9 Å². The van der Waals surface area contributed by atoms with Crippen molar-refractivity contribution < 1.29 is 14.5 Å². The second-order valence-electron chi connectivity index (χ2n) is 3.98. The molecule has 102 valence electrons. The topological polar surface area (TPSA) is 69.4 Å². The number of ketones is 1. The van der Waals surface area contributed by atoms with Crippen LogP contribution in [-0.4, -0.2) is 17.8 Å². The van der Waals surface area contributed by atoms with Crippen LogP contribution in [0.5, 0.6) is 5.75 Å². The summed E-state index contributed by atoms with van der Waals surface area (Å²) in [6, 6.07) is 10.5. The second kappa shape index (κ2) is 5.71. The molecule has 0 atom stereocenters. The lowest BCUT2D eigenvalue weighted by Gasteiger charge is -2.04. The fraction of sp³-hybridized carbons (Fsp3) is 0.0714. The van der Waals surface area contributed by atoms with Crippen molar-refractivity contribution in [1.82, 2.24) is 0 Å². The van der Waals surface area contributed by atoms with E-state index in [-0.39, 0.29) is 16.5 Å². The molecule has 2 aromatic carbocycles. The lowest BCUT2D eigenvalue weighted by atomic mass is 10.0. The number of nitrogens with zero attached hydrogens (tertiary/aromatic N) is 1. The summed E-state index contributed by atoms with van der Waals surface area (Å²) in [5.41, 5.74) is 0.527. The second-order valence-corrected chi connectivity index (χ2v) is 4.39. The zero-order chi connectivity index (χ0) is 14.7. The Morgan fingerprint density at radius 2 is 1.75 bits per heavy atom. The average Bonchev–Trinajstić information content (AvgIpc) is 2.46. The minimum absolute atomic E-state index is 0.0608. The van der Waals surface area contributed by atoms with E-state index >= 15 is 0 Å². The first-order valence-corrected chi connectivity index (χ1v) is 6.03. The van der Waals surface area contributed by atoms with E-state index in [1.165, 1.54) is 25.3 Å². The summed E-state index contributed by atoms with van der Waals surface area (Å²) < 4.78 is 5.01. The van der Waals surface area contributed by atoms with Crippen molar-refractivity contribution in [2.75, 3.05) is 7.11 Å². The van der Waals surface area contributed by atoms with Crippen molar-refractivity contribution >= 4 is 23.1 Å². The van der Waals surface area contributed by atoms with Gasteiger partial charge in [-0.1, -0.05) is 11.6 Å². The van der Waals surface area contributed by atoms with Gasteiger partial charge in [0.15, 0.2) is 5.78 Å². The maximum absolute atomic E-state index is 12.2. The molecule has 0 unspecified atom stereocenters. The number of carbonyl (C=O) groups is 1. The molecular formula is C14H10ClNO4. The number of methoxy groups -OCH3 is 1. The van der Waals surface area contributed by atoms with Crippen molar-refractivity contribution in [2.24, 2.45) is 0 Å². The first-order chi connectivity index (χ1) is 9.52. The number of halogens is 1. The first kappa shape index (κ1) is 14.0. The normalized spacial score (nSPS) is 10.1. The van der Waals surface area contributed by atoms with Crippen molar-refractivity contribution in [1.29, 1.82) is 0 Å². The van der Waals surface area contributed by atoms with Gasteiger partial charge in [-0.3, -0.25) is 14.9 Å². The Hall–Kier alpha value is -2.40. The largest absolute Gasteiger partial charge is 0.497 e. The van der Waals surface area contributed by atoms with Crippen LogP contribution in [0.3, 0.4) is 0 Å². The highest BCUT2D eigenvalue weighted by atomic mass is 35.5. The highest BCUT2D eigenvalue weighted by Gasteiger charge is 2.16. The summed E-state index contributed by atoms with van der Waals surface area (Å²) in [4.78, 5) is 22.3. The van der Waals surface area contributed by atoms with E-state index < -0.39 is 4.92 Å². The van der Waals surface area contributed by atoms with Crippen molar-refractivity contribution in [3.63, 3.8) is 0 Å². The molecule has 0 aliphatic heterocycles. The molecule has 2 aromatic rings. The number of benzene rings is 2. The minimum atomic E-state index is -0.593. The molecular weight excluding hydrogens is 282 g/mol. The van der Waals surface area contributed by atoms with E-state index in [2.05, 4.69) is 0 Å². The summed E-state index contributed by atoms with van der Waals surface area (Å²) in [6.07, 6.45) is 0. The summed E-state index contributed by atoms with van der Waals surface area (Å²) in [5.74, 6) is 0.382. The van der Waals surface area contributed by atoms with Crippen LogP contribution in [0.25, 0.3) is 0 Å². The van der Waals surface area contributed by atoms with E-state index in [0.29, 0.717) is 16.9 Å². The number of rotatable bonds is 4. The molecule has 20 heavy (non-hydrogen) atoms. The highest BCUT2D eigenvalue weighted by Crippen LogP contribution is 2.26. The maximum atomic E-state index is 12.2. The van der Waals surface area contributed by atoms with Crippen LogP contribution in [0.1, 0.15) is 15.9 Å². The predicted molar refractivity (Wildman–Crippen MR) is 74.5 cm³/mol. The van der Waals surface area contributed by atoms with Crippen molar-refractivity contribution in [2.45, 2.75) is 0 Å². The molecule has 5 nitrogen and oxygen atoms in total. The third-order valence-corrected chi connectivity index (χ3v) is 3.06. The minimum Gasteiger partial charge on any atom is -0.497 e. The van der Waals surface area contributed by atoms with E-state index in [1.54, 1.807) is 24.3 Å². The van der Waals surface area contributed by atoms with Gasteiger partial charge in [0.25, 0.3) is 5.69 Å². The lowest BCUT2D eigenvalue weighted by molar-refractivity contribution is -0.384. The van der Waals surface area contributed by atoms with Crippen LogP contribution < -0.4 is 4.74 Å². The number of ether oxygens (including phenoxy) is 1. The van der Waals surface area contributed by atoms with E-state index in [4.69, 9.17) is 16.3 Å². The number of hydrogen-bond acceptors (Lipinski definition) is 4. The quantitative estimate of drug-likeness (QED) is 0.491. The van der Waals surface area contributed by atoms with Gasteiger partial charge in [-0.2, -0.15) is 0 Å². The lowest BCUT2D eigenvalue weighted by Crippen LogP contribution is -2.02. The SMILES string of the molecule is COc1ccc(C(=O)c2ccc([N+](=O)[O-])c(Cl)c2)cc1. The van der Waals surface area contributed by atoms with Gasteiger partial charge in [-0.15, -0.1) is 0 Å². The number of nitro groups is 1. The van der Waals surface area contributed by atoms with Gasteiger partial charge in [0.2, 0.25) is 0 Å². The summed E-state index contributed by atoms with van der Waals surface area (Å²) >= 11 is 5.79. The maximum Gasteiger partial charge on any atom is 0.287 e. The zero-order valence-electron chi connectivity index (χ0n) is 10.5. The van der Waals surface area contributed by atoms with E-state index in [1.807, 2.05) is 0 Å². The predicted octanol–water partition coefficient (Wildman–Crippen LogP) is 3.49. The van der Waals surface area contributed by atoms with Crippen LogP contribution in [0.15, 0.2) is 42.5 Å². The van der Waals surface area contributed by atoms with Gasteiger partial charge in [0.05, 0.1) is 12.0 Å². The molecule has 0 aliphatic carbocycles. The zero-order valence-corrected chi connectivity index (χ0v) is 11.3. The van der Waals surface area contributed by atoms with Crippen molar-refractivity contribution in [3.05, 3.63) is 68.7 Å². The fourth-order valence-electron chi connectivity index (χ4n) is 1.71. The number of carbonyl (C=O) groups excluding carboxylic acids is 1. The van der Waals surface area contributed by atoms with Gasteiger partial charge in [0, 0.05) is 17.2 Å². The van der Waals surface area contributed by atoms with Gasteiger partial charge in [-0.25, -0.2) is 0 Å². The average molecular weight is 292 g/mol. The highest BCUT2D eigenvalue weighted by molar-refractivity contribution is 6.33. The molecule has 0 fully saturated rings. The third-order valence-electron chi connectivity index (χ3n) is 2.76. The Labute approximate surface area is 119 Å². The fourth-order valence-corrected chi connectivity index (χ4v) is 1.95. The molecule has 0 spiro atoms. The molecule has 6 heteroatoms. The molecule has 0 N–H and O–H groups in total. The van der Waals surface area contributed by atoms with Crippen LogP contribution >= 0.6 is 11.6 Å². The summed E-state index contributed by atoms with van der Waals surface area (Å²) in [7, 11) is 1.53. The van der Waals surface area contributed by atoms with Crippen LogP contribution in [0.4, 0.5) is 5.69 Å². The van der Waals surface area contributed by atoms with Crippen LogP contribution in [0, 0.1) is 10.1 Å². The molecule has 0 heterocycles. The van der Waals surface area contributed by atoms with E-state index in [0.717, 1.165) is 0 Å². The Kier molecular flexibility index (Phi) is 4.00. The van der Waals surface area contributed by atoms with Gasteiger partial charge in [-0.05, 0) is 36.4 Å². The number of nitro benzene ring substituents is 1. The standard InChI is InChI=1S/C14H10ClNO4/c1-20-11-5-2-9(3-6-11)14(17)10-4-7-13(16(18)19)12(15)8-10/h2-8H,1H3. The third kappa shape index (κ3) is 2.78. The summed E-state index contributed by atoms with van der Waals surface area (Å²) in [6.45, 7) is 0. The summed E-state index contributed by atoms with van der Waals surface area (Å²) in [5, 5.41) is 10.6.